The lowest BCUT2D eigenvalue weighted by molar-refractivity contribution is 0.0300. The van der Waals surface area contributed by atoms with Gasteiger partial charge in [-0.25, -0.2) is 9.59 Å². The average Bonchev–Trinajstić information content (AvgIpc) is 2.51. The second-order valence-electron chi connectivity index (χ2n) is 6.84. The van der Waals surface area contributed by atoms with E-state index in [4.69, 9.17) is 9.47 Å². The third-order valence-electron chi connectivity index (χ3n) is 3.33. The quantitative estimate of drug-likeness (QED) is 0.557. The predicted octanol–water partition coefficient (Wildman–Crippen LogP) is 4.05. The molecule has 0 saturated heterocycles. The van der Waals surface area contributed by atoms with Crippen molar-refractivity contribution in [2.45, 2.75) is 52.6 Å². The first-order valence-corrected chi connectivity index (χ1v) is 8.43. The van der Waals surface area contributed by atoms with Crippen LogP contribution in [0.15, 0.2) is 24.3 Å². The molecule has 1 rings (SSSR count). The number of benzene rings is 1. The van der Waals surface area contributed by atoms with Crippen molar-refractivity contribution in [2.24, 2.45) is 0 Å². The number of unbranched alkanes of at least 4 members (excludes halogenated alkanes) is 1. The number of carbonyl (C=O) groups excluding carboxylic acids is 2. The third kappa shape index (κ3) is 7.49. The molecule has 0 fully saturated rings. The van der Waals surface area contributed by atoms with Gasteiger partial charge in [-0.3, -0.25) is 0 Å². The molecule has 0 unspecified atom stereocenters. The zero-order chi connectivity index (χ0) is 18.2. The van der Waals surface area contributed by atoms with E-state index in [1.807, 2.05) is 39.0 Å². The minimum atomic E-state index is -0.506. The summed E-state index contributed by atoms with van der Waals surface area (Å²) < 4.78 is 10.5. The fraction of sp³-hybridized carbons (Fsp3) is 0.579. The first-order valence-electron chi connectivity index (χ1n) is 8.43. The topological polar surface area (TPSA) is 55.8 Å². The molecule has 0 saturated carbocycles. The Hall–Kier alpha value is -2.04. The molecule has 1 aromatic rings. The summed E-state index contributed by atoms with van der Waals surface area (Å²) in [6, 6.07) is 7.33. The summed E-state index contributed by atoms with van der Waals surface area (Å²) in [5.74, 6) is -0.300. The van der Waals surface area contributed by atoms with Gasteiger partial charge < -0.3 is 14.4 Å². The van der Waals surface area contributed by atoms with Crippen molar-refractivity contribution in [1.29, 1.82) is 0 Å². The van der Waals surface area contributed by atoms with Gasteiger partial charge in [-0.1, -0.05) is 25.5 Å². The smallest absolute Gasteiger partial charge is 0.410 e. The van der Waals surface area contributed by atoms with Crippen LogP contribution in [0.1, 0.15) is 56.5 Å². The normalized spacial score (nSPS) is 11.0. The number of esters is 1. The van der Waals surface area contributed by atoms with Gasteiger partial charge in [-0.2, -0.15) is 0 Å². The molecule has 0 radical (unpaired) electrons. The molecule has 0 spiro atoms. The van der Waals surface area contributed by atoms with Gasteiger partial charge in [-0.15, -0.1) is 0 Å². The Balaban J connectivity index is 2.55. The Morgan fingerprint density at radius 3 is 2.54 bits per heavy atom. The van der Waals surface area contributed by atoms with Crippen molar-refractivity contribution >= 4 is 12.1 Å². The van der Waals surface area contributed by atoms with Crippen LogP contribution in [0.4, 0.5) is 4.79 Å². The van der Waals surface area contributed by atoms with Crippen molar-refractivity contribution in [3.05, 3.63) is 35.4 Å². The number of hydrogen-bond donors (Lipinski definition) is 0. The first kappa shape index (κ1) is 20.0. The van der Waals surface area contributed by atoms with Crippen molar-refractivity contribution in [2.75, 3.05) is 20.2 Å². The van der Waals surface area contributed by atoms with E-state index >= 15 is 0 Å². The van der Waals surface area contributed by atoms with Crippen LogP contribution >= 0.6 is 0 Å². The molecule has 0 N–H and O–H groups in total. The van der Waals surface area contributed by atoms with Gasteiger partial charge in [0.15, 0.2) is 0 Å². The Bertz CT molecular complexity index is 549. The Kier molecular flexibility index (Phi) is 7.75. The first-order chi connectivity index (χ1) is 11.2. The van der Waals surface area contributed by atoms with Crippen LogP contribution in [0.25, 0.3) is 0 Å². The molecule has 1 amide bonds. The van der Waals surface area contributed by atoms with E-state index in [1.54, 1.807) is 13.1 Å². The molecule has 0 aliphatic rings. The number of amides is 1. The molecule has 0 bridgehead atoms. The van der Waals surface area contributed by atoms with E-state index in [0.29, 0.717) is 25.1 Å². The summed E-state index contributed by atoms with van der Waals surface area (Å²) in [7, 11) is 1.71. The largest absolute Gasteiger partial charge is 0.462 e. The van der Waals surface area contributed by atoms with E-state index in [0.717, 1.165) is 18.4 Å². The molecule has 5 heteroatoms. The van der Waals surface area contributed by atoms with E-state index in [1.165, 1.54) is 4.90 Å². The summed E-state index contributed by atoms with van der Waals surface area (Å²) in [5, 5.41) is 0. The zero-order valence-corrected chi connectivity index (χ0v) is 15.4. The highest BCUT2D eigenvalue weighted by Crippen LogP contribution is 2.11. The maximum atomic E-state index is 12.0. The maximum absolute atomic E-state index is 12.0. The number of carbonyl (C=O) groups is 2. The highest BCUT2D eigenvalue weighted by Gasteiger charge is 2.19. The van der Waals surface area contributed by atoms with Crippen LogP contribution in [0.2, 0.25) is 0 Å². The number of hydrogen-bond acceptors (Lipinski definition) is 4. The van der Waals surface area contributed by atoms with Crippen LogP contribution in [0, 0.1) is 0 Å². The standard InChI is InChI=1S/C19H29NO4/c1-6-7-13-23-17(21)16-10-8-9-15(14-16)11-12-20(5)18(22)24-19(2,3)4/h8-10,14H,6-7,11-13H2,1-5H3. The Morgan fingerprint density at radius 1 is 1.21 bits per heavy atom. The lowest BCUT2D eigenvalue weighted by Crippen LogP contribution is -2.35. The van der Waals surface area contributed by atoms with Crippen LogP contribution in [0.3, 0.4) is 0 Å². The van der Waals surface area contributed by atoms with E-state index in [2.05, 4.69) is 6.92 Å². The number of nitrogens with zero attached hydrogens (tertiary/aromatic N) is 1. The van der Waals surface area contributed by atoms with Gasteiger partial charge in [0.1, 0.15) is 5.60 Å². The molecular formula is C19H29NO4. The molecule has 0 aromatic heterocycles. The maximum Gasteiger partial charge on any atom is 0.410 e. The molecular weight excluding hydrogens is 306 g/mol. The number of rotatable bonds is 7. The summed E-state index contributed by atoms with van der Waals surface area (Å²) in [6.07, 6.45) is 2.15. The highest BCUT2D eigenvalue weighted by molar-refractivity contribution is 5.89. The molecule has 5 nitrogen and oxygen atoms in total. The molecule has 1 aromatic carbocycles. The van der Waals surface area contributed by atoms with Gasteiger partial charge >= 0.3 is 12.1 Å². The summed E-state index contributed by atoms with van der Waals surface area (Å²) in [6.45, 7) is 8.53. The molecule has 24 heavy (non-hydrogen) atoms. The van der Waals surface area contributed by atoms with Crippen LogP contribution < -0.4 is 0 Å². The van der Waals surface area contributed by atoms with Gasteiger partial charge in [0.25, 0.3) is 0 Å². The van der Waals surface area contributed by atoms with Gasteiger partial charge in [-0.05, 0) is 51.3 Å². The monoisotopic (exact) mass is 335 g/mol. The van der Waals surface area contributed by atoms with Crippen molar-refractivity contribution < 1.29 is 19.1 Å². The third-order valence-corrected chi connectivity index (χ3v) is 3.33. The van der Waals surface area contributed by atoms with Crippen molar-refractivity contribution in [3.63, 3.8) is 0 Å². The Morgan fingerprint density at radius 2 is 1.92 bits per heavy atom. The minimum Gasteiger partial charge on any atom is -0.462 e. The molecule has 0 aliphatic carbocycles. The average molecular weight is 335 g/mol. The SMILES string of the molecule is CCCCOC(=O)c1cccc(CCN(C)C(=O)OC(C)(C)C)c1. The highest BCUT2D eigenvalue weighted by atomic mass is 16.6. The van der Waals surface area contributed by atoms with E-state index < -0.39 is 5.60 Å². The fourth-order valence-corrected chi connectivity index (χ4v) is 1.97. The predicted molar refractivity (Wildman–Crippen MR) is 94.2 cm³/mol. The molecule has 0 aliphatic heterocycles. The summed E-state index contributed by atoms with van der Waals surface area (Å²) in [5.41, 5.74) is 1.02. The number of ether oxygens (including phenoxy) is 2. The Labute approximate surface area is 144 Å². The second kappa shape index (κ2) is 9.30. The summed E-state index contributed by atoms with van der Waals surface area (Å²) >= 11 is 0. The summed E-state index contributed by atoms with van der Waals surface area (Å²) in [4.78, 5) is 25.4. The molecule has 134 valence electrons. The van der Waals surface area contributed by atoms with Crippen molar-refractivity contribution in [1.82, 2.24) is 4.90 Å². The fourth-order valence-electron chi connectivity index (χ4n) is 1.97. The lowest BCUT2D eigenvalue weighted by Gasteiger charge is -2.24. The number of likely N-dealkylation sites (N-methyl/N-ethyl adjacent to an activating group) is 1. The van der Waals surface area contributed by atoms with Crippen LogP contribution in [-0.4, -0.2) is 42.8 Å². The lowest BCUT2D eigenvalue weighted by atomic mass is 10.1. The van der Waals surface area contributed by atoms with Crippen LogP contribution in [-0.2, 0) is 15.9 Å². The zero-order valence-electron chi connectivity index (χ0n) is 15.4. The van der Waals surface area contributed by atoms with Gasteiger partial charge in [0.05, 0.1) is 12.2 Å². The van der Waals surface area contributed by atoms with Gasteiger partial charge in [0.2, 0.25) is 0 Å². The van der Waals surface area contributed by atoms with E-state index in [-0.39, 0.29) is 12.1 Å². The molecule has 0 atom stereocenters. The van der Waals surface area contributed by atoms with Crippen molar-refractivity contribution in [3.8, 4) is 0 Å². The van der Waals surface area contributed by atoms with Crippen LogP contribution in [0.5, 0.6) is 0 Å². The minimum absolute atomic E-state index is 0.300. The van der Waals surface area contributed by atoms with E-state index in [9.17, 15) is 9.59 Å². The van der Waals surface area contributed by atoms with Gasteiger partial charge in [0, 0.05) is 13.6 Å². The second-order valence-corrected chi connectivity index (χ2v) is 6.84. The molecule has 0 heterocycles.